The lowest BCUT2D eigenvalue weighted by atomic mass is 9.92. The van der Waals surface area contributed by atoms with Crippen LogP contribution in [0.15, 0.2) is 30.3 Å². The van der Waals surface area contributed by atoms with Crippen LogP contribution < -0.4 is 11.1 Å². The number of carbonyl (C=O) groups is 2. The fraction of sp³-hybridized carbons (Fsp3) is 0.429. The Kier molecular flexibility index (Phi) is 5.06. The number of hydrogen-bond donors (Lipinski definition) is 3. The largest absolute Gasteiger partial charge is 0.480 e. The molecule has 0 aliphatic heterocycles. The van der Waals surface area contributed by atoms with Gasteiger partial charge in [0.15, 0.2) is 0 Å². The summed E-state index contributed by atoms with van der Waals surface area (Å²) in [5, 5.41) is 11.7. The molecule has 0 spiro atoms. The Hall–Kier alpha value is -1.88. The number of amides is 1. The van der Waals surface area contributed by atoms with Gasteiger partial charge in [0.1, 0.15) is 6.04 Å². The number of hydrogen-bond acceptors (Lipinski definition) is 3. The summed E-state index contributed by atoms with van der Waals surface area (Å²) in [5.41, 5.74) is 5.59. The third-order valence-electron chi connectivity index (χ3n) is 3.01. The minimum absolute atomic E-state index is 0.163. The van der Waals surface area contributed by atoms with Crippen LogP contribution in [0.1, 0.15) is 19.4 Å². The Morgan fingerprint density at radius 1 is 1.32 bits per heavy atom. The molecule has 0 aromatic heterocycles. The summed E-state index contributed by atoms with van der Waals surface area (Å²) >= 11 is 0. The van der Waals surface area contributed by atoms with E-state index in [2.05, 4.69) is 5.32 Å². The van der Waals surface area contributed by atoms with Crippen molar-refractivity contribution in [1.82, 2.24) is 5.32 Å². The fourth-order valence-electron chi connectivity index (χ4n) is 1.50. The maximum Gasteiger partial charge on any atom is 0.326 e. The summed E-state index contributed by atoms with van der Waals surface area (Å²) in [6, 6.07) is 8.24. The summed E-state index contributed by atoms with van der Waals surface area (Å²) in [6.07, 6.45) is 0.253. The smallest absolute Gasteiger partial charge is 0.326 e. The van der Waals surface area contributed by atoms with Crippen LogP contribution >= 0.6 is 0 Å². The van der Waals surface area contributed by atoms with Gasteiger partial charge in [-0.3, -0.25) is 4.79 Å². The Bertz CT molecular complexity index is 443. The van der Waals surface area contributed by atoms with E-state index in [1.54, 1.807) is 13.8 Å². The van der Waals surface area contributed by atoms with E-state index in [9.17, 15) is 14.7 Å². The Morgan fingerprint density at radius 3 is 2.37 bits per heavy atom. The molecule has 1 unspecified atom stereocenters. The number of aliphatic carboxylic acids is 1. The zero-order chi connectivity index (χ0) is 14.5. The lowest BCUT2D eigenvalue weighted by Crippen LogP contribution is -2.49. The van der Waals surface area contributed by atoms with E-state index in [0.717, 1.165) is 5.56 Å². The van der Waals surface area contributed by atoms with Crippen molar-refractivity contribution in [3.63, 3.8) is 0 Å². The third kappa shape index (κ3) is 4.37. The molecule has 1 aromatic carbocycles. The minimum atomic E-state index is -1.05. The number of nitrogens with one attached hydrogen (secondary N) is 1. The highest BCUT2D eigenvalue weighted by Crippen LogP contribution is 2.13. The highest BCUT2D eigenvalue weighted by molar-refractivity contribution is 5.87. The van der Waals surface area contributed by atoms with Crippen molar-refractivity contribution in [3.05, 3.63) is 35.9 Å². The van der Waals surface area contributed by atoms with Crippen LogP contribution in [0.3, 0.4) is 0 Å². The summed E-state index contributed by atoms with van der Waals surface area (Å²) in [6.45, 7) is 3.53. The van der Waals surface area contributed by atoms with Crippen LogP contribution in [0.4, 0.5) is 0 Å². The zero-order valence-electron chi connectivity index (χ0n) is 11.2. The monoisotopic (exact) mass is 264 g/mol. The van der Waals surface area contributed by atoms with Gasteiger partial charge in [0.25, 0.3) is 0 Å². The first-order chi connectivity index (χ1) is 8.86. The first-order valence-electron chi connectivity index (χ1n) is 6.14. The topological polar surface area (TPSA) is 92.4 Å². The molecule has 5 nitrogen and oxygen atoms in total. The van der Waals surface area contributed by atoms with Crippen LogP contribution in [0.25, 0.3) is 0 Å². The third-order valence-corrected chi connectivity index (χ3v) is 3.01. The SMILES string of the molecule is CC(C)(CN)C(=O)NC(Cc1ccccc1)C(=O)O. The van der Waals surface area contributed by atoms with Crippen LogP contribution in [-0.2, 0) is 16.0 Å². The molecular weight excluding hydrogens is 244 g/mol. The summed E-state index contributed by atoms with van der Waals surface area (Å²) in [4.78, 5) is 23.2. The molecule has 0 fully saturated rings. The average Bonchev–Trinajstić information content (AvgIpc) is 2.38. The van der Waals surface area contributed by atoms with Gasteiger partial charge in [0, 0.05) is 13.0 Å². The molecule has 1 atom stereocenters. The fourth-order valence-corrected chi connectivity index (χ4v) is 1.50. The van der Waals surface area contributed by atoms with Gasteiger partial charge in [-0.25, -0.2) is 4.79 Å². The van der Waals surface area contributed by atoms with Crippen molar-refractivity contribution in [2.45, 2.75) is 26.3 Å². The molecule has 0 radical (unpaired) electrons. The van der Waals surface area contributed by atoms with E-state index in [0.29, 0.717) is 0 Å². The Balaban J connectivity index is 2.75. The second kappa shape index (κ2) is 6.33. The van der Waals surface area contributed by atoms with Gasteiger partial charge >= 0.3 is 5.97 Å². The highest BCUT2D eigenvalue weighted by Gasteiger charge is 2.30. The molecule has 0 saturated carbocycles. The van der Waals surface area contributed by atoms with Crippen molar-refractivity contribution < 1.29 is 14.7 Å². The second-order valence-corrected chi connectivity index (χ2v) is 5.14. The second-order valence-electron chi connectivity index (χ2n) is 5.14. The van der Waals surface area contributed by atoms with Crippen molar-refractivity contribution >= 4 is 11.9 Å². The van der Waals surface area contributed by atoms with Gasteiger partial charge in [0.05, 0.1) is 5.41 Å². The lowest BCUT2D eigenvalue weighted by Gasteiger charge is -2.24. The van der Waals surface area contributed by atoms with E-state index < -0.39 is 17.4 Å². The molecule has 4 N–H and O–H groups in total. The summed E-state index contributed by atoms with van der Waals surface area (Å²) in [5.74, 6) is -1.40. The zero-order valence-corrected chi connectivity index (χ0v) is 11.2. The van der Waals surface area contributed by atoms with E-state index in [1.807, 2.05) is 30.3 Å². The number of rotatable bonds is 6. The van der Waals surface area contributed by atoms with Crippen molar-refractivity contribution in [1.29, 1.82) is 0 Å². The molecule has 0 aliphatic carbocycles. The molecule has 0 bridgehead atoms. The molecule has 5 heteroatoms. The number of carboxylic acids is 1. The van der Waals surface area contributed by atoms with Crippen molar-refractivity contribution in [2.75, 3.05) is 6.54 Å². The average molecular weight is 264 g/mol. The first kappa shape index (κ1) is 15.2. The van der Waals surface area contributed by atoms with Crippen LogP contribution in [0.5, 0.6) is 0 Å². The Labute approximate surface area is 112 Å². The molecule has 0 saturated heterocycles. The molecule has 19 heavy (non-hydrogen) atoms. The molecular formula is C14H20N2O3. The summed E-state index contributed by atoms with van der Waals surface area (Å²) < 4.78 is 0. The molecule has 104 valence electrons. The number of carboxylic acid groups (broad SMARTS) is 1. The van der Waals surface area contributed by atoms with E-state index >= 15 is 0 Å². The molecule has 1 amide bonds. The number of carbonyl (C=O) groups excluding carboxylic acids is 1. The molecule has 1 rings (SSSR count). The quantitative estimate of drug-likeness (QED) is 0.708. The van der Waals surface area contributed by atoms with E-state index in [1.165, 1.54) is 0 Å². The molecule has 0 heterocycles. The minimum Gasteiger partial charge on any atom is -0.480 e. The first-order valence-corrected chi connectivity index (χ1v) is 6.14. The number of benzene rings is 1. The van der Waals surface area contributed by atoms with Crippen LogP contribution in [0, 0.1) is 5.41 Å². The maximum atomic E-state index is 11.9. The maximum absolute atomic E-state index is 11.9. The lowest BCUT2D eigenvalue weighted by molar-refractivity contribution is -0.143. The predicted molar refractivity (Wildman–Crippen MR) is 72.5 cm³/mol. The highest BCUT2D eigenvalue weighted by atomic mass is 16.4. The normalized spacial score (nSPS) is 12.8. The van der Waals surface area contributed by atoms with Crippen molar-refractivity contribution in [2.24, 2.45) is 11.1 Å². The van der Waals surface area contributed by atoms with Crippen molar-refractivity contribution in [3.8, 4) is 0 Å². The standard InChI is InChI=1S/C14H20N2O3/c1-14(2,9-15)13(19)16-11(12(17)18)8-10-6-4-3-5-7-10/h3-7,11H,8-9,15H2,1-2H3,(H,16,19)(H,17,18). The van der Waals surface area contributed by atoms with Gasteiger partial charge < -0.3 is 16.2 Å². The Morgan fingerprint density at radius 2 is 1.89 bits per heavy atom. The van der Waals surface area contributed by atoms with Gasteiger partial charge in [-0.1, -0.05) is 30.3 Å². The van der Waals surface area contributed by atoms with Crippen LogP contribution in [-0.4, -0.2) is 29.6 Å². The molecule has 1 aromatic rings. The van der Waals surface area contributed by atoms with Crippen LogP contribution in [0.2, 0.25) is 0 Å². The van der Waals surface area contributed by atoms with Gasteiger partial charge in [-0.05, 0) is 19.4 Å². The summed E-state index contributed by atoms with van der Waals surface area (Å²) in [7, 11) is 0. The van der Waals surface area contributed by atoms with Gasteiger partial charge in [0.2, 0.25) is 5.91 Å². The van der Waals surface area contributed by atoms with Gasteiger partial charge in [-0.2, -0.15) is 0 Å². The molecule has 0 aliphatic rings. The van der Waals surface area contributed by atoms with E-state index in [-0.39, 0.29) is 18.9 Å². The van der Waals surface area contributed by atoms with Gasteiger partial charge in [-0.15, -0.1) is 0 Å². The predicted octanol–water partition coefficient (Wildman–Crippen LogP) is 0.783. The van der Waals surface area contributed by atoms with E-state index in [4.69, 9.17) is 5.73 Å². The number of nitrogens with two attached hydrogens (primary N) is 1.